The maximum Gasteiger partial charge on any atom is 0.418 e. The van der Waals surface area contributed by atoms with Crippen molar-refractivity contribution in [3.05, 3.63) is 47.3 Å². The molecule has 134 valence electrons. The Morgan fingerprint density at radius 2 is 1.96 bits per heavy atom. The van der Waals surface area contributed by atoms with Crippen molar-refractivity contribution < 1.29 is 22.7 Å². The number of anilines is 2. The number of aromatic nitrogens is 2. The Balaban J connectivity index is 2.22. The molecule has 1 heterocycles. The summed E-state index contributed by atoms with van der Waals surface area (Å²) in [4.78, 5) is 20.4. The predicted molar refractivity (Wildman–Crippen MR) is 86.5 cm³/mol. The second-order valence-electron chi connectivity index (χ2n) is 5.14. The third kappa shape index (κ3) is 5.15. The van der Waals surface area contributed by atoms with Crippen LogP contribution in [0.2, 0.25) is 0 Å². The average Bonchev–Trinajstić information content (AvgIpc) is 2.54. The van der Waals surface area contributed by atoms with Crippen LogP contribution in [0.5, 0.6) is 0 Å². The Hall–Kier alpha value is -2.68. The zero-order valence-electron chi connectivity index (χ0n) is 13.6. The predicted octanol–water partition coefficient (Wildman–Crippen LogP) is 3.11. The molecule has 1 aromatic carbocycles. The van der Waals surface area contributed by atoms with Crippen molar-refractivity contribution in [1.29, 1.82) is 0 Å². The van der Waals surface area contributed by atoms with E-state index in [1.165, 1.54) is 31.4 Å². The van der Waals surface area contributed by atoms with Crippen LogP contribution in [0.4, 0.5) is 24.8 Å². The van der Waals surface area contributed by atoms with Gasteiger partial charge in [0.1, 0.15) is 5.69 Å². The molecule has 25 heavy (non-hydrogen) atoms. The van der Waals surface area contributed by atoms with Crippen LogP contribution in [0, 0.1) is 6.92 Å². The first kappa shape index (κ1) is 18.7. The maximum absolute atomic E-state index is 13.0. The van der Waals surface area contributed by atoms with Gasteiger partial charge in [-0.3, -0.25) is 4.79 Å². The molecule has 2 aromatic rings. The Morgan fingerprint density at radius 3 is 2.64 bits per heavy atom. The second kappa shape index (κ2) is 7.93. The largest absolute Gasteiger partial charge is 0.418 e. The number of methoxy groups -OCH3 is 1. The van der Waals surface area contributed by atoms with Gasteiger partial charge in [0, 0.05) is 19.3 Å². The highest BCUT2D eigenvalue weighted by Crippen LogP contribution is 2.34. The molecule has 0 saturated carbocycles. The number of rotatable bonds is 6. The molecule has 1 amide bonds. The summed E-state index contributed by atoms with van der Waals surface area (Å²) >= 11 is 0. The van der Waals surface area contributed by atoms with Gasteiger partial charge in [-0.2, -0.15) is 13.2 Å². The summed E-state index contributed by atoms with van der Waals surface area (Å²) in [5, 5.41) is 5.13. The fourth-order valence-electron chi connectivity index (χ4n) is 2.05. The topological polar surface area (TPSA) is 76.1 Å². The number of carbonyl (C=O) groups excluding carboxylic acids is 1. The molecule has 0 aliphatic carbocycles. The van der Waals surface area contributed by atoms with Crippen LogP contribution in [0.3, 0.4) is 0 Å². The molecule has 1 aromatic heterocycles. The number of alkyl halides is 3. The van der Waals surface area contributed by atoms with Gasteiger partial charge in [-0.15, -0.1) is 0 Å². The minimum Gasteiger partial charge on any atom is -0.383 e. The zero-order chi connectivity index (χ0) is 18.4. The summed E-state index contributed by atoms with van der Waals surface area (Å²) < 4.78 is 43.9. The van der Waals surface area contributed by atoms with Crippen LogP contribution in [-0.2, 0) is 10.9 Å². The van der Waals surface area contributed by atoms with Gasteiger partial charge in [-0.05, 0) is 25.1 Å². The monoisotopic (exact) mass is 354 g/mol. The lowest BCUT2D eigenvalue weighted by molar-refractivity contribution is -0.136. The van der Waals surface area contributed by atoms with Gasteiger partial charge in [-0.25, -0.2) is 9.97 Å². The van der Waals surface area contributed by atoms with E-state index in [1.54, 1.807) is 6.92 Å². The molecule has 0 unspecified atom stereocenters. The van der Waals surface area contributed by atoms with Gasteiger partial charge in [0.2, 0.25) is 5.95 Å². The van der Waals surface area contributed by atoms with Crippen molar-refractivity contribution in [2.75, 3.05) is 30.9 Å². The van der Waals surface area contributed by atoms with Gasteiger partial charge < -0.3 is 15.4 Å². The van der Waals surface area contributed by atoms with E-state index in [1.807, 2.05) is 0 Å². The van der Waals surface area contributed by atoms with Crippen LogP contribution in [-0.4, -0.2) is 36.1 Å². The first-order valence-electron chi connectivity index (χ1n) is 7.37. The summed E-state index contributed by atoms with van der Waals surface area (Å²) in [6.45, 7) is 2.50. The number of carbonyl (C=O) groups is 1. The first-order chi connectivity index (χ1) is 11.8. The van der Waals surface area contributed by atoms with Gasteiger partial charge in [0.25, 0.3) is 5.91 Å². The number of hydrogen-bond acceptors (Lipinski definition) is 5. The minimum atomic E-state index is -4.57. The number of ether oxygens (including phenoxy) is 1. The number of para-hydroxylation sites is 1. The number of hydrogen-bond donors (Lipinski definition) is 2. The van der Waals surface area contributed by atoms with E-state index < -0.39 is 17.6 Å². The fourth-order valence-corrected chi connectivity index (χ4v) is 2.05. The zero-order valence-corrected chi connectivity index (χ0v) is 13.6. The van der Waals surface area contributed by atoms with E-state index in [4.69, 9.17) is 4.74 Å². The minimum absolute atomic E-state index is 0.0376. The van der Waals surface area contributed by atoms with E-state index in [0.29, 0.717) is 18.8 Å². The number of aryl methyl sites for hydroxylation is 1. The molecule has 0 aliphatic heterocycles. The van der Waals surface area contributed by atoms with Crippen LogP contribution < -0.4 is 10.6 Å². The highest BCUT2D eigenvalue weighted by molar-refractivity contribution is 6.03. The normalized spacial score (nSPS) is 11.2. The van der Waals surface area contributed by atoms with Crippen molar-refractivity contribution in [2.45, 2.75) is 13.1 Å². The van der Waals surface area contributed by atoms with Gasteiger partial charge in [0.15, 0.2) is 0 Å². The van der Waals surface area contributed by atoms with Gasteiger partial charge in [0.05, 0.1) is 17.9 Å². The number of benzene rings is 1. The molecule has 9 heteroatoms. The summed E-state index contributed by atoms with van der Waals surface area (Å²) in [5.41, 5.74) is -0.786. The molecule has 0 aliphatic rings. The third-order valence-corrected chi connectivity index (χ3v) is 3.16. The summed E-state index contributed by atoms with van der Waals surface area (Å²) in [7, 11) is 1.54. The SMILES string of the molecule is COCCNc1nc(C)cc(C(=O)Nc2ccccc2C(F)(F)F)n1. The lowest BCUT2D eigenvalue weighted by Crippen LogP contribution is -2.19. The van der Waals surface area contributed by atoms with Crippen LogP contribution in [0.25, 0.3) is 0 Å². The van der Waals surface area contributed by atoms with Crippen LogP contribution >= 0.6 is 0 Å². The highest BCUT2D eigenvalue weighted by Gasteiger charge is 2.33. The van der Waals surface area contributed by atoms with E-state index in [0.717, 1.165) is 6.07 Å². The summed E-state index contributed by atoms with van der Waals surface area (Å²) in [6.07, 6.45) is -4.57. The van der Waals surface area contributed by atoms with Crippen molar-refractivity contribution in [2.24, 2.45) is 0 Å². The first-order valence-corrected chi connectivity index (χ1v) is 7.37. The molecule has 0 bridgehead atoms. The lowest BCUT2D eigenvalue weighted by atomic mass is 10.1. The standard InChI is InChI=1S/C16H17F3N4O2/c1-10-9-13(23-15(21-10)20-7-8-25-2)14(24)22-12-6-4-3-5-11(12)16(17,18)19/h3-6,9H,7-8H2,1-2H3,(H,22,24)(H,20,21,23). The van der Waals surface area contributed by atoms with E-state index in [9.17, 15) is 18.0 Å². The lowest BCUT2D eigenvalue weighted by Gasteiger charge is -2.13. The van der Waals surface area contributed by atoms with Gasteiger partial charge in [-0.1, -0.05) is 12.1 Å². The molecular weight excluding hydrogens is 337 g/mol. The Morgan fingerprint density at radius 1 is 1.24 bits per heavy atom. The highest BCUT2D eigenvalue weighted by atomic mass is 19.4. The molecule has 2 N–H and O–H groups in total. The Labute approximate surface area is 142 Å². The van der Waals surface area contributed by atoms with Gasteiger partial charge >= 0.3 is 6.18 Å². The fraction of sp³-hybridized carbons (Fsp3) is 0.312. The molecular formula is C16H17F3N4O2. The van der Waals surface area contributed by atoms with Crippen LogP contribution in [0.15, 0.2) is 30.3 Å². The number of amides is 1. The van der Waals surface area contributed by atoms with Crippen molar-refractivity contribution in [3.63, 3.8) is 0 Å². The molecule has 6 nitrogen and oxygen atoms in total. The van der Waals surface area contributed by atoms with Crippen molar-refractivity contribution in [3.8, 4) is 0 Å². The maximum atomic E-state index is 13.0. The van der Waals surface area contributed by atoms with Crippen molar-refractivity contribution >= 4 is 17.5 Å². The molecule has 0 radical (unpaired) electrons. The van der Waals surface area contributed by atoms with Crippen molar-refractivity contribution in [1.82, 2.24) is 9.97 Å². The number of nitrogens with zero attached hydrogens (tertiary/aromatic N) is 2. The Bertz CT molecular complexity index is 750. The summed E-state index contributed by atoms with van der Waals surface area (Å²) in [6, 6.07) is 6.15. The quantitative estimate of drug-likeness (QED) is 0.780. The average molecular weight is 354 g/mol. The van der Waals surface area contributed by atoms with E-state index >= 15 is 0 Å². The van der Waals surface area contributed by atoms with E-state index in [-0.39, 0.29) is 17.3 Å². The number of nitrogens with one attached hydrogen (secondary N) is 2. The van der Waals surface area contributed by atoms with E-state index in [2.05, 4.69) is 20.6 Å². The third-order valence-electron chi connectivity index (χ3n) is 3.16. The smallest absolute Gasteiger partial charge is 0.383 e. The Kier molecular flexibility index (Phi) is 5.92. The second-order valence-corrected chi connectivity index (χ2v) is 5.14. The number of halogens is 3. The molecule has 0 saturated heterocycles. The molecule has 0 fully saturated rings. The van der Waals surface area contributed by atoms with Crippen LogP contribution in [0.1, 0.15) is 21.7 Å². The molecule has 0 spiro atoms. The summed E-state index contributed by atoms with van der Waals surface area (Å²) in [5.74, 6) is -0.553. The molecule has 0 atom stereocenters. The molecule has 2 rings (SSSR count).